The van der Waals surface area contributed by atoms with Crippen LogP contribution in [0.3, 0.4) is 0 Å². The lowest BCUT2D eigenvalue weighted by Crippen LogP contribution is -2.52. The van der Waals surface area contributed by atoms with Crippen LogP contribution in [0.25, 0.3) is 6.08 Å². The fourth-order valence-corrected chi connectivity index (χ4v) is 2.76. The molecule has 114 valence electrons. The van der Waals surface area contributed by atoms with Crippen molar-refractivity contribution in [3.05, 3.63) is 35.9 Å². The maximum absolute atomic E-state index is 12.1. The summed E-state index contributed by atoms with van der Waals surface area (Å²) in [4.78, 5) is 21.5. The molecule has 0 aliphatic heterocycles. The minimum Gasteiger partial charge on any atom is -0.478 e. The zero-order valence-electron chi connectivity index (χ0n) is 11.5. The molecule has 0 fully saturated rings. The number of hydrogen-bond acceptors (Lipinski definition) is 4. The van der Waals surface area contributed by atoms with Crippen LogP contribution >= 0.6 is 0 Å². The highest BCUT2D eigenvalue weighted by atomic mass is 32.2. The van der Waals surface area contributed by atoms with E-state index < -0.39 is 27.4 Å². The number of primary amides is 1. The van der Waals surface area contributed by atoms with Gasteiger partial charge in [0.05, 0.1) is 4.90 Å². The molecule has 0 saturated carbocycles. The van der Waals surface area contributed by atoms with Crippen molar-refractivity contribution in [3.63, 3.8) is 0 Å². The standard InChI is InChI=1S/C13H16N2O5S/c1-13(2,12(14)18)15-21(19,20)10-6-3-9(4-7-10)5-8-11(16)17/h3-8,15H,1-2H3,(H2,14,18)(H,16,17)/b8-5+. The third-order valence-electron chi connectivity index (χ3n) is 2.61. The van der Waals surface area contributed by atoms with E-state index in [1.807, 2.05) is 0 Å². The first-order chi connectivity index (χ1) is 9.54. The lowest BCUT2D eigenvalue weighted by molar-refractivity contribution is -0.131. The highest BCUT2D eigenvalue weighted by molar-refractivity contribution is 7.89. The summed E-state index contributed by atoms with van der Waals surface area (Å²) in [5, 5.41) is 8.50. The van der Waals surface area contributed by atoms with E-state index in [1.165, 1.54) is 44.2 Å². The van der Waals surface area contributed by atoms with Gasteiger partial charge in [-0.2, -0.15) is 4.72 Å². The number of carboxylic acid groups (broad SMARTS) is 1. The molecule has 0 unspecified atom stereocenters. The van der Waals surface area contributed by atoms with Crippen LogP contribution in [-0.2, 0) is 19.6 Å². The molecule has 4 N–H and O–H groups in total. The van der Waals surface area contributed by atoms with Gasteiger partial charge in [0.25, 0.3) is 0 Å². The predicted octanol–water partition coefficient (Wildman–Crippen LogP) is 0.327. The lowest BCUT2D eigenvalue weighted by Gasteiger charge is -2.22. The molecule has 0 aliphatic rings. The monoisotopic (exact) mass is 312 g/mol. The smallest absolute Gasteiger partial charge is 0.328 e. The SMILES string of the molecule is CC(C)(NS(=O)(=O)c1ccc(/C=C/C(=O)O)cc1)C(N)=O. The molecule has 8 heteroatoms. The van der Waals surface area contributed by atoms with Crippen molar-refractivity contribution in [1.82, 2.24) is 4.72 Å². The van der Waals surface area contributed by atoms with Gasteiger partial charge >= 0.3 is 5.97 Å². The second-order valence-electron chi connectivity index (χ2n) is 4.84. The summed E-state index contributed by atoms with van der Waals surface area (Å²) in [6.07, 6.45) is 2.28. The first kappa shape index (κ1) is 16.9. The number of hydrogen-bond donors (Lipinski definition) is 3. The van der Waals surface area contributed by atoms with Crippen LogP contribution in [0.5, 0.6) is 0 Å². The molecule has 0 saturated heterocycles. The summed E-state index contributed by atoms with van der Waals surface area (Å²) in [6, 6.07) is 5.51. The molecule has 1 aromatic carbocycles. The molecule has 0 heterocycles. The first-order valence-electron chi connectivity index (χ1n) is 5.89. The summed E-state index contributed by atoms with van der Waals surface area (Å²) >= 11 is 0. The minimum absolute atomic E-state index is 0.0516. The van der Waals surface area contributed by atoms with Gasteiger partial charge in [-0.15, -0.1) is 0 Å². The molecule has 0 atom stereocenters. The Hall–Kier alpha value is -2.19. The zero-order chi connectivity index (χ0) is 16.3. The van der Waals surface area contributed by atoms with E-state index in [4.69, 9.17) is 10.8 Å². The van der Waals surface area contributed by atoms with E-state index in [1.54, 1.807) is 0 Å². The van der Waals surface area contributed by atoms with E-state index in [9.17, 15) is 18.0 Å². The Labute approximate surface area is 122 Å². The molecule has 0 aromatic heterocycles. The molecule has 1 aromatic rings. The van der Waals surface area contributed by atoms with Crippen molar-refractivity contribution in [2.24, 2.45) is 5.73 Å². The van der Waals surface area contributed by atoms with Gasteiger partial charge in [-0.1, -0.05) is 12.1 Å². The normalized spacial score (nSPS) is 12.5. The van der Waals surface area contributed by atoms with Gasteiger partial charge in [-0.25, -0.2) is 13.2 Å². The number of amides is 1. The molecule has 1 amide bonds. The summed E-state index contributed by atoms with van der Waals surface area (Å²) in [6.45, 7) is 2.72. The molecular formula is C13H16N2O5S. The number of sulfonamides is 1. The summed E-state index contributed by atoms with van der Waals surface area (Å²) < 4.78 is 26.4. The van der Waals surface area contributed by atoms with Crippen LogP contribution in [0.2, 0.25) is 0 Å². The molecular weight excluding hydrogens is 296 g/mol. The number of aliphatic carboxylic acids is 1. The first-order valence-corrected chi connectivity index (χ1v) is 7.38. The fourth-order valence-electron chi connectivity index (χ4n) is 1.37. The number of carbonyl (C=O) groups is 2. The molecule has 0 spiro atoms. The van der Waals surface area contributed by atoms with Gasteiger partial charge in [-0.05, 0) is 37.6 Å². The Balaban J connectivity index is 3.00. The molecule has 21 heavy (non-hydrogen) atoms. The maximum Gasteiger partial charge on any atom is 0.328 e. The molecule has 0 radical (unpaired) electrons. The van der Waals surface area contributed by atoms with Crippen molar-refractivity contribution >= 4 is 28.0 Å². The van der Waals surface area contributed by atoms with E-state index in [0.29, 0.717) is 5.56 Å². The van der Waals surface area contributed by atoms with Crippen LogP contribution in [0.1, 0.15) is 19.4 Å². The third kappa shape index (κ3) is 4.69. The van der Waals surface area contributed by atoms with Crippen molar-refractivity contribution < 1.29 is 23.1 Å². The maximum atomic E-state index is 12.1. The van der Waals surface area contributed by atoms with E-state index in [2.05, 4.69) is 4.72 Å². The summed E-state index contributed by atoms with van der Waals surface area (Å²) in [7, 11) is -3.90. The molecule has 7 nitrogen and oxygen atoms in total. The third-order valence-corrected chi connectivity index (χ3v) is 4.29. The van der Waals surface area contributed by atoms with Gasteiger partial charge < -0.3 is 10.8 Å². The number of benzene rings is 1. The van der Waals surface area contributed by atoms with Gasteiger partial charge in [0.2, 0.25) is 15.9 Å². The van der Waals surface area contributed by atoms with E-state index in [-0.39, 0.29) is 4.90 Å². The van der Waals surface area contributed by atoms with Crippen LogP contribution in [-0.4, -0.2) is 30.9 Å². The Morgan fingerprint density at radius 3 is 2.19 bits per heavy atom. The highest BCUT2D eigenvalue weighted by Crippen LogP contribution is 2.14. The van der Waals surface area contributed by atoms with E-state index >= 15 is 0 Å². The van der Waals surface area contributed by atoms with Gasteiger partial charge in [-0.3, -0.25) is 4.79 Å². The average molecular weight is 312 g/mol. The Morgan fingerprint density at radius 1 is 1.24 bits per heavy atom. The number of nitrogens with one attached hydrogen (secondary N) is 1. The van der Waals surface area contributed by atoms with Gasteiger partial charge in [0.1, 0.15) is 5.54 Å². The Kier molecular flexibility index (Phi) is 4.87. The van der Waals surface area contributed by atoms with Crippen LogP contribution in [0.4, 0.5) is 0 Å². The van der Waals surface area contributed by atoms with Gasteiger partial charge in [0, 0.05) is 6.08 Å². The second kappa shape index (κ2) is 6.06. The topological polar surface area (TPSA) is 127 Å². The minimum atomic E-state index is -3.90. The second-order valence-corrected chi connectivity index (χ2v) is 6.52. The number of carboxylic acids is 1. The Bertz CT molecular complexity index is 675. The van der Waals surface area contributed by atoms with Crippen LogP contribution in [0, 0.1) is 0 Å². The van der Waals surface area contributed by atoms with Crippen molar-refractivity contribution in [1.29, 1.82) is 0 Å². The van der Waals surface area contributed by atoms with Crippen LogP contribution in [0.15, 0.2) is 35.2 Å². The van der Waals surface area contributed by atoms with E-state index in [0.717, 1.165) is 6.08 Å². The summed E-state index contributed by atoms with van der Waals surface area (Å²) in [5.41, 5.74) is 4.23. The van der Waals surface area contributed by atoms with Crippen molar-refractivity contribution in [3.8, 4) is 0 Å². The molecule has 0 aliphatic carbocycles. The molecule has 1 rings (SSSR count). The average Bonchev–Trinajstić information content (AvgIpc) is 2.35. The largest absolute Gasteiger partial charge is 0.478 e. The molecule has 0 bridgehead atoms. The van der Waals surface area contributed by atoms with Crippen LogP contribution < -0.4 is 10.5 Å². The number of rotatable bonds is 6. The summed E-state index contributed by atoms with van der Waals surface area (Å²) in [5.74, 6) is -1.90. The quantitative estimate of drug-likeness (QED) is 0.652. The number of nitrogens with two attached hydrogens (primary N) is 1. The predicted molar refractivity (Wildman–Crippen MR) is 76.7 cm³/mol. The lowest BCUT2D eigenvalue weighted by atomic mass is 10.1. The Morgan fingerprint density at radius 2 is 1.76 bits per heavy atom. The van der Waals surface area contributed by atoms with Crippen molar-refractivity contribution in [2.45, 2.75) is 24.3 Å². The fraction of sp³-hybridized carbons (Fsp3) is 0.231. The van der Waals surface area contributed by atoms with Gasteiger partial charge in [0.15, 0.2) is 0 Å². The zero-order valence-corrected chi connectivity index (χ0v) is 12.3. The highest BCUT2D eigenvalue weighted by Gasteiger charge is 2.31. The number of carbonyl (C=O) groups excluding carboxylic acids is 1. The van der Waals surface area contributed by atoms with Crippen molar-refractivity contribution in [2.75, 3.05) is 0 Å².